The molecule has 18 heavy (non-hydrogen) atoms. The number of rotatable bonds is 3. The SMILES string of the molecule is CC(O)C1CCN(Cc2cnc(Cl)cc2Cl)CC1. The second-order valence-electron chi connectivity index (χ2n) is 4.95. The lowest BCUT2D eigenvalue weighted by atomic mass is 9.92. The molecular formula is C13H18Cl2N2O. The van der Waals surface area contributed by atoms with Gasteiger partial charge in [0.2, 0.25) is 0 Å². The number of pyridine rings is 1. The van der Waals surface area contributed by atoms with Crippen LogP contribution in [0.15, 0.2) is 12.3 Å². The maximum absolute atomic E-state index is 9.56. The Morgan fingerprint density at radius 1 is 1.44 bits per heavy atom. The highest BCUT2D eigenvalue weighted by Crippen LogP contribution is 2.24. The molecule has 0 saturated carbocycles. The van der Waals surface area contributed by atoms with Gasteiger partial charge in [0.15, 0.2) is 0 Å². The van der Waals surface area contributed by atoms with E-state index in [1.807, 2.05) is 6.92 Å². The molecule has 1 atom stereocenters. The third-order valence-electron chi connectivity index (χ3n) is 3.60. The summed E-state index contributed by atoms with van der Waals surface area (Å²) in [5.41, 5.74) is 1.01. The maximum Gasteiger partial charge on any atom is 0.130 e. The zero-order valence-electron chi connectivity index (χ0n) is 10.4. The molecule has 0 radical (unpaired) electrons. The third-order valence-corrected chi connectivity index (χ3v) is 4.16. The van der Waals surface area contributed by atoms with Gasteiger partial charge in [0.25, 0.3) is 0 Å². The number of hydrogen-bond acceptors (Lipinski definition) is 3. The summed E-state index contributed by atoms with van der Waals surface area (Å²) >= 11 is 11.9. The molecule has 2 rings (SSSR count). The molecule has 1 fully saturated rings. The van der Waals surface area contributed by atoms with Gasteiger partial charge in [-0.25, -0.2) is 4.98 Å². The average Bonchev–Trinajstić information content (AvgIpc) is 2.33. The fraction of sp³-hybridized carbons (Fsp3) is 0.615. The van der Waals surface area contributed by atoms with Crippen LogP contribution in [0.5, 0.6) is 0 Å². The van der Waals surface area contributed by atoms with E-state index < -0.39 is 0 Å². The Morgan fingerprint density at radius 2 is 2.11 bits per heavy atom. The fourth-order valence-corrected chi connectivity index (χ4v) is 2.81. The molecule has 1 aromatic heterocycles. The molecule has 0 bridgehead atoms. The van der Waals surface area contributed by atoms with Crippen LogP contribution in [0.1, 0.15) is 25.3 Å². The first-order valence-electron chi connectivity index (χ1n) is 6.26. The first-order valence-corrected chi connectivity index (χ1v) is 7.02. The van der Waals surface area contributed by atoms with E-state index in [0.717, 1.165) is 38.0 Å². The van der Waals surface area contributed by atoms with E-state index in [4.69, 9.17) is 23.2 Å². The first-order chi connectivity index (χ1) is 8.56. The van der Waals surface area contributed by atoms with Gasteiger partial charge >= 0.3 is 0 Å². The van der Waals surface area contributed by atoms with Crippen molar-refractivity contribution in [3.8, 4) is 0 Å². The van der Waals surface area contributed by atoms with Crippen molar-refractivity contribution < 1.29 is 5.11 Å². The number of aromatic nitrogens is 1. The second-order valence-corrected chi connectivity index (χ2v) is 5.75. The predicted octanol–water partition coefficient (Wildman–Crippen LogP) is 2.98. The number of halogens is 2. The van der Waals surface area contributed by atoms with Gasteiger partial charge in [-0.15, -0.1) is 0 Å². The topological polar surface area (TPSA) is 36.4 Å². The summed E-state index contributed by atoms with van der Waals surface area (Å²) in [6, 6.07) is 1.68. The lowest BCUT2D eigenvalue weighted by Crippen LogP contribution is -2.36. The quantitative estimate of drug-likeness (QED) is 0.869. The number of piperidine rings is 1. The zero-order valence-corrected chi connectivity index (χ0v) is 12.0. The standard InChI is InChI=1S/C13H18Cl2N2O/c1-9(18)10-2-4-17(5-3-10)8-11-7-16-13(15)6-12(11)14/h6-7,9-10,18H,2-5,8H2,1H3. The molecule has 0 spiro atoms. The highest BCUT2D eigenvalue weighted by molar-refractivity contribution is 6.34. The molecule has 5 heteroatoms. The molecule has 100 valence electrons. The molecule has 1 unspecified atom stereocenters. The molecule has 0 aliphatic carbocycles. The molecule has 2 heterocycles. The second kappa shape index (κ2) is 6.20. The van der Waals surface area contributed by atoms with Gasteiger partial charge in [-0.3, -0.25) is 4.90 Å². The molecule has 1 aromatic rings. The number of hydrogen-bond donors (Lipinski definition) is 1. The van der Waals surface area contributed by atoms with E-state index in [-0.39, 0.29) is 6.10 Å². The molecule has 1 N–H and O–H groups in total. The van der Waals surface area contributed by atoms with Gasteiger partial charge in [-0.1, -0.05) is 23.2 Å². The summed E-state index contributed by atoms with van der Waals surface area (Å²) in [4.78, 5) is 6.41. The Bertz CT molecular complexity index is 404. The van der Waals surface area contributed by atoms with E-state index in [1.54, 1.807) is 12.3 Å². The summed E-state index contributed by atoms with van der Waals surface area (Å²) < 4.78 is 0. The van der Waals surface area contributed by atoms with Crippen molar-refractivity contribution in [3.63, 3.8) is 0 Å². The monoisotopic (exact) mass is 288 g/mol. The summed E-state index contributed by atoms with van der Waals surface area (Å²) in [5, 5.41) is 10.7. The van der Waals surface area contributed by atoms with Gasteiger partial charge < -0.3 is 5.11 Å². The van der Waals surface area contributed by atoms with Crippen LogP contribution >= 0.6 is 23.2 Å². The van der Waals surface area contributed by atoms with Gasteiger partial charge in [0.1, 0.15) is 5.15 Å². The minimum absolute atomic E-state index is 0.201. The van der Waals surface area contributed by atoms with E-state index in [1.165, 1.54) is 0 Å². The Balaban J connectivity index is 1.91. The van der Waals surface area contributed by atoms with E-state index in [0.29, 0.717) is 16.1 Å². The molecule has 1 aliphatic heterocycles. The van der Waals surface area contributed by atoms with Crippen molar-refractivity contribution in [3.05, 3.63) is 28.0 Å². The van der Waals surface area contributed by atoms with Gasteiger partial charge in [0, 0.05) is 23.3 Å². The average molecular weight is 289 g/mol. The molecule has 3 nitrogen and oxygen atoms in total. The van der Waals surface area contributed by atoms with E-state index >= 15 is 0 Å². The summed E-state index contributed by atoms with van der Waals surface area (Å²) in [5.74, 6) is 0.431. The highest BCUT2D eigenvalue weighted by Gasteiger charge is 2.22. The molecule has 0 amide bonds. The van der Waals surface area contributed by atoms with Crippen molar-refractivity contribution in [2.24, 2.45) is 5.92 Å². The van der Waals surface area contributed by atoms with Crippen molar-refractivity contribution in [1.29, 1.82) is 0 Å². The first kappa shape index (κ1) is 14.1. The number of nitrogens with zero attached hydrogens (tertiary/aromatic N) is 2. The lowest BCUT2D eigenvalue weighted by molar-refractivity contribution is 0.0695. The van der Waals surface area contributed by atoms with Crippen molar-refractivity contribution in [2.45, 2.75) is 32.4 Å². The van der Waals surface area contributed by atoms with Crippen LogP contribution in [0.4, 0.5) is 0 Å². The normalized spacial score (nSPS) is 20.0. The van der Waals surface area contributed by atoms with Crippen molar-refractivity contribution in [2.75, 3.05) is 13.1 Å². The molecule has 1 aliphatic rings. The lowest BCUT2D eigenvalue weighted by Gasteiger charge is -2.33. The van der Waals surface area contributed by atoms with Gasteiger partial charge in [-0.05, 0) is 44.8 Å². The fourth-order valence-electron chi connectivity index (χ4n) is 2.39. The third kappa shape index (κ3) is 3.58. The summed E-state index contributed by atoms with van der Waals surface area (Å²) in [7, 11) is 0. The summed E-state index contributed by atoms with van der Waals surface area (Å²) in [6.45, 7) is 4.67. The zero-order chi connectivity index (χ0) is 13.1. The van der Waals surface area contributed by atoms with Crippen LogP contribution in [-0.2, 0) is 6.54 Å². The van der Waals surface area contributed by atoms with E-state index in [2.05, 4.69) is 9.88 Å². The minimum atomic E-state index is -0.201. The Kier molecular flexibility index (Phi) is 4.84. The molecule has 0 aromatic carbocycles. The van der Waals surface area contributed by atoms with Crippen LogP contribution in [0.3, 0.4) is 0 Å². The number of likely N-dealkylation sites (tertiary alicyclic amines) is 1. The number of aliphatic hydroxyl groups is 1. The largest absolute Gasteiger partial charge is 0.393 e. The molecule has 1 saturated heterocycles. The smallest absolute Gasteiger partial charge is 0.130 e. The van der Waals surface area contributed by atoms with Crippen LogP contribution in [-0.4, -0.2) is 34.2 Å². The van der Waals surface area contributed by atoms with Crippen LogP contribution in [0.25, 0.3) is 0 Å². The van der Waals surface area contributed by atoms with Crippen LogP contribution < -0.4 is 0 Å². The molecular weight excluding hydrogens is 271 g/mol. The van der Waals surface area contributed by atoms with Gasteiger partial charge in [-0.2, -0.15) is 0 Å². The van der Waals surface area contributed by atoms with Crippen LogP contribution in [0.2, 0.25) is 10.2 Å². The maximum atomic E-state index is 9.56. The Labute approximate surface area is 118 Å². The summed E-state index contributed by atoms with van der Waals surface area (Å²) in [6.07, 6.45) is 3.62. The predicted molar refractivity (Wildman–Crippen MR) is 73.9 cm³/mol. The van der Waals surface area contributed by atoms with Crippen LogP contribution in [0, 0.1) is 5.92 Å². The van der Waals surface area contributed by atoms with Crippen molar-refractivity contribution >= 4 is 23.2 Å². The van der Waals surface area contributed by atoms with E-state index in [9.17, 15) is 5.11 Å². The number of aliphatic hydroxyl groups excluding tert-OH is 1. The van der Waals surface area contributed by atoms with Crippen molar-refractivity contribution in [1.82, 2.24) is 9.88 Å². The highest BCUT2D eigenvalue weighted by atomic mass is 35.5. The Hall–Kier alpha value is -0.350. The minimum Gasteiger partial charge on any atom is -0.393 e. The Morgan fingerprint density at radius 3 is 2.67 bits per heavy atom. The van der Waals surface area contributed by atoms with Gasteiger partial charge in [0.05, 0.1) is 6.10 Å².